The second kappa shape index (κ2) is 7.41. The standard InChI is InChI=1S/C20H20N6O/c1-14-23-20-24-18(17-5-3-4-11-21-17)13-19(26(20)25-14)22-12-10-15-6-8-16(27-2)9-7-15/h3-9,11,13,22H,10,12H2,1-2H3. The second-order valence-corrected chi connectivity index (χ2v) is 6.14. The number of pyridine rings is 1. The molecule has 0 aliphatic rings. The number of fused-ring (bicyclic) bond motifs is 1. The zero-order chi connectivity index (χ0) is 18.6. The van der Waals surface area contributed by atoms with Crippen molar-refractivity contribution in [2.45, 2.75) is 13.3 Å². The molecular weight excluding hydrogens is 340 g/mol. The molecule has 0 radical (unpaired) electrons. The summed E-state index contributed by atoms with van der Waals surface area (Å²) in [4.78, 5) is 13.4. The molecule has 0 saturated heterocycles. The molecule has 0 fully saturated rings. The minimum absolute atomic E-state index is 0.558. The maximum atomic E-state index is 5.20. The molecule has 0 bridgehead atoms. The average molecular weight is 360 g/mol. The van der Waals surface area contributed by atoms with Crippen molar-refractivity contribution >= 4 is 11.6 Å². The third-order valence-electron chi connectivity index (χ3n) is 4.22. The Morgan fingerprint density at radius 2 is 1.89 bits per heavy atom. The molecule has 0 aliphatic heterocycles. The molecule has 27 heavy (non-hydrogen) atoms. The summed E-state index contributed by atoms with van der Waals surface area (Å²) in [5.41, 5.74) is 2.80. The summed E-state index contributed by atoms with van der Waals surface area (Å²) in [5.74, 6) is 2.94. The SMILES string of the molecule is COc1ccc(CCNc2cc(-c3ccccn3)nc3nc(C)nn23)cc1. The molecule has 0 spiro atoms. The molecule has 0 amide bonds. The third-order valence-corrected chi connectivity index (χ3v) is 4.22. The number of anilines is 1. The van der Waals surface area contributed by atoms with Crippen LogP contribution in [0.4, 0.5) is 5.82 Å². The summed E-state index contributed by atoms with van der Waals surface area (Å²) < 4.78 is 6.93. The van der Waals surface area contributed by atoms with Crippen molar-refractivity contribution in [1.29, 1.82) is 0 Å². The molecule has 136 valence electrons. The van der Waals surface area contributed by atoms with Gasteiger partial charge in [-0.05, 0) is 43.2 Å². The molecule has 3 heterocycles. The molecule has 1 N–H and O–H groups in total. The van der Waals surface area contributed by atoms with Crippen molar-refractivity contribution in [3.05, 3.63) is 66.1 Å². The minimum atomic E-state index is 0.558. The lowest BCUT2D eigenvalue weighted by Crippen LogP contribution is -2.10. The summed E-state index contributed by atoms with van der Waals surface area (Å²) in [6, 6.07) is 15.8. The van der Waals surface area contributed by atoms with Crippen molar-refractivity contribution < 1.29 is 4.74 Å². The van der Waals surface area contributed by atoms with Crippen LogP contribution in [0.25, 0.3) is 17.2 Å². The van der Waals surface area contributed by atoms with Crippen LogP contribution in [0.5, 0.6) is 5.75 Å². The van der Waals surface area contributed by atoms with Crippen LogP contribution in [0.2, 0.25) is 0 Å². The van der Waals surface area contributed by atoms with Gasteiger partial charge in [-0.15, -0.1) is 5.10 Å². The van der Waals surface area contributed by atoms with Gasteiger partial charge in [0.25, 0.3) is 5.78 Å². The van der Waals surface area contributed by atoms with Crippen LogP contribution in [0.1, 0.15) is 11.4 Å². The molecule has 4 rings (SSSR count). The van der Waals surface area contributed by atoms with Crippen LogP contribution in [0, 0.1) is 6.92 Å². The fourth-order valence-corrected chi connectivity index (χ4v) is 2.87. The number of rotatable bonds is 6. The summed E-state index contributed by atoms with van der Waals surface area (Å²) in [7, 11) is 1.67. The highest BCUT2D eigenvalue weighted by molar-refractivity contribution is 5.62. The molecule has 0 atom stereocenters. The monoisotopic (exact) mass is 360 g/mol. The Bertz CT molecular complexity index is 1040. The molecule has 3 aromatic heterocycles. The Kier molecular flexibility index (Phi) is 4.65. The van der Waals surface area contributed by atoms with E-state index in [1.165, 1.54) is 5.56 Å². The number of methoxy groups -OCH3 is 1. The lowest BCUT2D eigenvalue weighted by atomic mass is 10.1. The van der Waals surface area contributed by atoms with Gasteiger partial charge in [0.05, 0.1) is 18.5 Å². The predicted octanol–water partition coefficient (Wildman–Crippen LogP) is 3.16. The topological polar surface area (TPSA) is 77.2 Å². The van der Waals surface area contributed by atoms with Gasteiger partial charge in [0.1, 0.15) is 17.4 Å². The normalized spacial score (nSPS) is 10.9. The van der Waals surface area contributed by atoms with Gasteiger partial charge < -0.3 is 10.1 Å². The third kappa shape index (κ3) is 3.72. The first kappa shape index (κ1) is 17.0. The molecule has 0 unspecified atom stereocenters. The number of nitrogens with zero attached hydrogens (tertiary/aromatic N) is 5. The van der Waals surface area contributed by atoms with E-state index >= 15 is 0 Å². The Labute approximate surface area is 157 Å². The van der Waals surface area contributed by atoms with E-state index in [1.54, 1.807) is 17.8 Å². The van der Waals surface area contributed by atoms with E-state index in [0.717, 1.165) is 35.9 Å². The van der Waals surface area contributed by atoms with E-state index < -0.39 is 0 Å². The van der Waals surface area contributed by atoms with E-state index in [2.05, 4.69) is 37.5 Å². The van der Waals surface area contributed by atoms with Crippen LogP contribution in [0.3, 0.4) is 0 Å². The number of nitrogens with one attached hydrogen (secondary N) is 1. The molecular formula is C20H20N6O. The van der Waals surface area contributed by atoms with Gasteiger partial charge in [-0.3, -0.25) is 4.98 Å². The molecule has 0 aliphatic carbocycles. The zero-order valence-electron chi connectivity index (χ0n) is 15.3. The van der Waals surface area contributed by atoms with E-state index in [9.17, 15) is 0 Å². The fraction of sp³-hybridized carbons (Fsp3) is 0.200. The Hall–Kier alpha value is -3.48. The molecule has 7 heteroatoms. The van der Waals surface area contributed by atoms with Gasteiger partial charge in [-0.1, -0.05) is 18.2 Å². The first-order valence-corrected chi connectivity index (χ1v) is 8.75. The van der Waals surface area contributed by atoms with Gasteiger partial charge in [0, 0.05) is 18.8 Å². The quantitative estimate of drug-likeness (QED) is 0.569. The van der Waals surface area contributed by atoms with Crippen molar-refractivity contribution in [2.75, 3.05) is 19.0 Å². The molecule has 4 aromatic rings. The summed E-state index contributed by atoms with van der Waals surface area (Å²) in [6.45, 7) is 2.61. The lowest BCUT2D eigenvalue weighted by molar-refractivity contribution is 0.414. The van der Waals surface area contributed by atoms with Crippen LogP contribution < -0.4 is 10.1 Å². The Balaban J connectivity index is 1.58. The largest absolute Gasteiger partial charge is 0.497 e. The predicted molar refractivity (Wildman–Crippen MR) is 104 cm³/mol. The summed E-state index contributed by atoms with van der Waals surface area (Å²) in [5, 5.41) is 7.89. The molecule has 1 aromatic carbocycles. The number of aryl methyl sites for hydroxylation is 1. The second-order valence-electron chi connectivity index (χ2n) is 6.14. The maximum Gasteiger partial charge on any atom is 0.254 e. The summed E-state index contributed by atoms with van der Waals surface area (Å²) >= 11 is 0. The number of hydrogen-bond acceptors (Lipinski definition) is 6. The van der Waals surface area contributed by atoms with E-state index in [1.807, 2.05) is 43.3 Å². The molecule has 7 nitrogen and oxygen atoms in total. The first-order valence-electron chi connectivity index (χ1n) is 8.75. The molecule has 0 saturated carbocycles. The first-order chi connectivity index (χ1) is 13.2. The number of aromatic nitrogens is 5. The lowest BCUT2D eigenvalue weighted by Gasteiger charge is -2.10. The van der Waals surface area contributed by atoms with Gasteiger partial charge in [0.2, 0.25) is 0 Å². The van der Waals surface area contributed by atoms with Crippen LogP contribution in [-0.4, -0.2) is 38.2 Å². The van der Waals surface area contributed by atoms with Gasteiger partial charge in [-0.2, -0.15) is 9.50 Å². The van der Waals surface area contributed by atoms with E-state index in [4.69, 9.17) is 4.74 Å². The number of ether oxygens (including phenoxy) is 1. The highest BCUT2D eigenvalue weighted by Crippen LogP contribution is 2.20. The number of hydrogen-bond donors (Lipinski definition) is 1. The zero-order valence-corrected chi connectivity index (χ0v) is 15.3. The smallest absolute Gasteiger partial charge is 0.254 e. The van der Waals surface area contributed by atoms with Crippen molar-refractivity contribution in [3.63, 3.8) is 0 Å². The van der Waals surface area contributed by atoms with Gasteiger partial charge in [0.15, 0.2) is 0 Å². The van der Waals surface area contributed by atoms with Gasteiger partial charge in [-0.25, -0.2) is 4.98 Å². The van der Waals surface area contributed by atoms with Crippen molar-refractivity contribution in [3.8, 4) is 17.1 Å². The van der Waals surface area contributed by atoms with Gasteiger partial charge >= 0.3 is 0 Å². The van der Waals surface area contributed by atoms with Crippen LogP contribution >= 0.6 is 0 Å². The average Bonchev–Trinajstić information content (AvgIpc) is 3.09. The fourth-order valence-electron chi connectivity index (χ4n) is 2.87. The van der Waals surface area contributed by atoms with E-state index in [0.29, 0.717) is 11.6 Å². The van der Waals surface area contributed by atoms with E-state index in [-0.39, 0.29) is 0 Å². The van der Waals surface area contributed by atoms with Crippen molar-refractivity contribution in [2.24, 2.45) is 0 Å². The van der Waals surface area contributed by atoms with Crippen molar-refractivity contribution in [1.82, 2.24) is 24.6 Å². The Morgan fingerprint density at radius 3 is 2.63 bits per heavy atom. The van der Waals surface area contributed by atoms with Crippen LogP contribution in [-0.2, 0) is 6.42 Å². The minimum Gasteiger partial charge on any atom is -0.497 e. The maximum absolute atomic E-state index is 5.20. The summed E-state index contributed by atoms with van der Waals surface area (Å²) in [6.07, 6.45) is 2.63. The Morgan fingerprint density at radius 1 is 1.04 bits per heavy atom. The van der Waals surface area contributed by atoms with Crippen LogP contribution in [0.15, 0.2) is 54.7 Å². The highest BCUT2D eigenvalue weighted by atomic mass is 16.5. The number of benzene rings is 1. The highest BCUT2D eigenvalue weighted by Gasteiger charge is 2.11.